The van der Waals surface area contributed by atoms with Gasteiger partial charge in [-0.05, 0) is 31.6 Å². The van der Waals surface area contributed by atoms with Crippen LogP contribution in [0.1, 0.15) is 97.3 Å². The van der Waals surface area contributed by atoms with Crippen molar-refractivity contribution in [2.75, 3.05) is 13.2 Å². The maximum atomic E-state index is 12.4. The lowest BCUT2D eigenvalue weighted by Crippen LogP contribution is -2.44. The van der Waals surface area contributed by atoms with E-state index in [0.717, 1.165) is 57.8 Å². The van der Waals surface area contributed by atoms with Crippen molar-refractivity contribution >= 4 is 5.97 Å². The van der Waals surface area contributed by atoms with E-state index in [2.05, 4.69) is 13.8 Å². The fourth-order valence-corrected chi connectivity index (χ4v) is 4.21. The van der Waals surface area contributed by atoms with E-state index in [4.69, 9.17) is 0 Å². The third-order valence-electron chi connectivity index (χ3n) is 5.92. The van der Waals surface area contributed by atoms with Gasteiger partial charge in [-0.3, -0.25) is 4.79 Å². The van der Waals surface area contributed by atoms with Gasteiger partial charge in [0.2, 0.25) is 0 Å². The molecule has 0 spiro atoms. The predicted molar refractivity (Wildman–Crippen MR) is 111 cm³/mol. The van der Waals surface area contributed by atoms with Crippen molar-refractivity contribution in [3.63, 3.8) is 0 Å². The van der Waals surface area contributed by atoms with Gasteiger partial charge in [-0.2, -0.15) is 0 Å². The molecule has 28 heavy (non-hydrogen) atoms. The minimum Gasteiger partial charge on any atom is -0.481 e. The molecule has 0 aromatic heterocycles. The average molecular weight is 405 g/mol. The first-order chi connectivity index (χ1) is 13.4. The summed E-state index contributed by atoms with van der Waals surface area (Å²) in [6.07, 6.45) is 8.13. The molecule has 0 aliphatic carbocycles. The number of aliphatic hydroxyl groups excluding tert-OH is 4. The Labute approximate surface area is 171 Å². The lowest BCUT2D eigenvalue weighted by Gasteiger charge is -2.40. The number of rotatable bonds is 19. The third-order valence-corrected chi connectivity index (χ3v) is 5.92. The molecule has 0 fully saturated rings. The molecule has 0 aliphatic rings. The lowest BCUT2D eigenvalue weighted by atomic mass is 9.64. The van der Waals surface area contributed by atoms with Crippen molar-refractivity contribution in [1.29, 1.82) is 0 Å². The molecule has 0 bridgehead atoms. The molecule has 0 aromatic carbocycles. The maximum Gasteiger partial charge on any atom is 0.310 e. The number of unbranched alkanes of at least 4 members (excludes halogenated alkanes) is 7. The van der Waals surface area contributed by atoms with Crippen LogP contribution < -0.4 is 0 Å². The van der Waals surface area contributed by atoms with E-state index < -0.39 is 36.8 Å². The van der Waals surface area contributed by atoms with Crippen molar-refractivity contribution in [2.24, 2.45) is 11.3 Å². The largest absolute Gasteiger partial charge is 0.481 e. The monoisotopic (exact) mass is 404 g/mol. The number of aliphatic hydroxyl groups is 4. The van der Waals surface area contributed by atoms with Gasteiger partial charge in [-0.25, -0.2) is 0 Å². The van der Waals surface area contributed by atoms with Crippen LogP contribution in [0.25, 0.3) is 0 Å². The Bertz CT molecular complexity index is 389. The Balaban J connectivity index is 5.48. The molecule has 5 N–H and O–H groups in total. The molecule has 0 saturated heterocycles. The van der Waals surface area contributed by atoms with Gasteiger partial charge >= 0.3 is 5.97 Å². The van der Waals surface area contributed by atoms with E-state index in [9.17, 15) is 30.3 Å². The van der Waals surface area contributed by atoms with Crippen molar-refractivity contribution in [1.82, 2.24) is 0 Å². The van der Waals surface area contributed by atoms with Crippen molar-refractivity contribution in [3.8, 4) is 0 Å². The number of carboxylic acid groups (broad SMARTS) is 1. The van der Waals surface area contributed by atoms with Crippen LogP contribution in [0.2, 0.25) is 0 Å². The highest BCUT2D eigenvalue weighted by Gasteiger charge is 2.46. The summed E-state index contributed by atoms with van der Waals surface area (Å²) >= 11 is 0. The van der Waals surface area contributed by atoms with Gasteiger partial charge in [0.1, 0.15) is 0 Å². The Hall–Kier alpha value is -0.690. The van der Waals surface area contributed by atoms with Gasteiger partial charge in [0, 0.05) is 0 Å². The molecule has 0 aromatic rings. The van der Waals surface area contributed by atoms with Crippen molar-refractivity contribution < 1.29 is 30.3 Å². The molecule has 0 aliphatic heterocycles. The molecule has 0 heterocycles. The SMILES string of the molecule is CCCCCCCC(CC(O)CO)C(CCCCCC)(CC(O)CO)C(=O)O. The van der Waals surface area contributed by atoms with Gasteiger partial charge in [0.15, 0.2) is 0 Å². The summed E-state index contributed by atoms with van der Waals surface area (Å²) in [7, 11) is 0. The number of aliphatic carboxylic acids is 1. The first-order valence-electron chi connectivity index (χ1n) is 11.2. The average Bonchev–Trinajstić information content (AvgIpc) is 2.68. The molecular formula is C22H44O6. The van der Waals surface area contributed by atoms with Crippen molar-refractivity contribution in [2.45, 2.75) is 110 Å². The van der Waals surface area contributed by atoms with E-state index in [1.54, 1.807) is 0 Å². The fourth-order valence-electron chi connectivity index (χ4n) is 4.21. The number of carboxylic acids is 1. The maximum absolute atomic E-state index is 12.4. The molecular weight excluding hydrogens is 360 g/mol. The summed E-state index contributed by atoms with van der Waals surface area (Å²) in [5.74, 6) is -1.32. The summed E-state index contributed by atoms with van der Waals surface area (Å²) in [4.78, 5) is 12.4. The fraction of sp³-hybridized carbons (Fsp3) is 0.955. The quantitative estimate of drug-likeness (QED) is 0.210. The van der Waals surface area contributed by atoms with E-state index in [1.165, 1.54) is 0 Å². The van der Waals surface area contributed by atoms with Crippen LogP contribution in [0, 0.1) is 11.3 Å². The Morgan fingerprint density at radius 1 is 0.821 bits per heavy atom. The second-order valence-electron chi connectivity index (χ2n) is 8.28. The van der Waals surface area contributed by atoms with Crippen LogP contribution in [0.5, 0.6) is 0 Å². The summed E-state index contributed by atoms with van der Waals surface area (Å²) in [6, 6.07) is 0. The Kier molecular flexibility index (Phi) is 15.7. The van der Waals surface area contributed by atoms with Crippen LogP contribution in [0.15, 0.2) is 0 Å². The van der Waals surface area contributed by atoms with E-state index in [-0.39, 0.29) is 18.8 Å². The molecule has 4 atom stereocenters. The molecule has 0 amide bonds. The molecule has 6 nitrogen and oxygen atoms in total. The first-order valence-corrected chi connectivity index (χ1v) is 11.2. The molecule has 168 valence electrons. The van der Waals surface area contributed by atoms with E-state index in [0.29, 0.717) is 12.8 Å². The standard InChI is InChI=1S/C22H44O6/c1-3-5-7-9-10-12-18(14-19(25)16-23)22(21(27)28,15-20(26)17-24)13-11-8-6-4-2/h18-20,23-26H,3-17H2,1-2H3,(H,27,28). The van der Waals surface area contributed by atoms with Gasteiger partial charge in [0.25, 0.3) is 0 Å². The van der Waals surface area contributed by atoms with E-state index in [1.807, 2.05) is 0 Å². The highest BCUT2D eigenvalue weighted by atomic mass is 16.4. The minimum absolute atomic E-state index is 0.0251. The molecule has 4 unspecified atom stereocenters. The second-order valence-corrected chi connectivity index (χ2v) is 8.28. The van der Waals surface area contributed by atoms with Crippen LogP contribution in [-0.4, -0.2) is 56.9 Å². The zero-order valence-corrected chi connectivity index (χ0v) is 18.0. The first kappa shape index (κ1) is 27.3. The lowest BCUT2D eigenvalue weighted by molar-refractivity contribution is -0.158. The topological polar surface area (TPSA) is 118 Å². The van der Waals surface area contributed by atoms with Crippen LogP contribution in [0.4, 0.5) is 0 Å². The smallest absolute Gasteiger partial charge is 0.310 e. The number of hydrogen-bond donors (Lipinski definition) is 5. The normalized spacial score (nSPS) is 17.1. The highest BCUT2D eigenvalue weighted by Crippen LogP contribution is 2.44. The minimum atomic E-state index is -1.20. The van der Waals surface area contributed by atoms with Crippen LogP contribution in [-0.2, 0) is 4.79 Å². The number of hydrogen-bond acceptors (Lipinski definition) is 5. The Morgan fingerprint density at radius 2 is 1.36 bits per heavy atom. The number of carbonyl (C=O) groups is 1. The zero-order chi connectivity index (χ0) is 21.4. The van der Waals surface area contributed by atoms with E-state index >= 15 is 0 Å². The molecule has 0 saturated carbocycles. The summed E-state index contributed by atoms with van der Waals surface area (Å²) < 4.78 is 0. The summed E-state index contributed by atoms with van der Waals surface area (Å²) in [5.41, 5.74) is -1.20. The Morgan fingerprint density at radius 3 is 1.86 bits per heavy atom. The van der Waals surface area contributed by atoms with Gasteiger partial charge in [-0.15, -0.1) is 0 Å². The summed E-state index contributed by atoms with van der Waals surface area (Å²) in [6.45, 7) is 3.36. The van der Waals surface area contributed by atoms with Gasteiger partial charge in [0.05, 0.1) is 30.8 Å². The molecule has 0 radical (unpaired) electrons. The zero-order valence-electron chi connectivity index (χ0n) is 18.0. The second kappa shape index (κ2) is 16.1. The van der Waals surface area contributed by atoms with Crippen LogP contribution >= 0.6 is 0 Å². The van der Waals surface area contributed by atoms with Gasteiger partial charge in [-0.1, -0.05) is 71.6 Å². The van der Waals surface area contributed by atoms with Gasteiger partial charge < -0.3 is 25.5 Å². The third kappa shape index (κ3) is 10.2. The predicted octanol–water partition coefficient (Wildman–Crippen LogP) is 3.49. The molecule has 0 rings (SSSR count). The highest BCUT2D eigenvalue weighted by molar-refractivity contribution is 5.75. The van der Waals surface area contributed by atoms with Crippen molar-refractivity contribution in [3.05, 3.63) is 0 Å². The summed E-state index contributed by atoms with van der Waals surface area (Å²) in [5, 5.41) is 49.0. The van der Waals surface area contributed by atoms with Crippen LogP contribution in [0.3, 0.4) is 0 Å². The molecule has 6 heteroatoms.